The third-order valence-corrected chi connectivity index (χ3v) is 3.82. The second kappa shape index (κ2) is 6.50. The first-order valence-electron chi connectivity index (χ1n) is 6.32. The quantitative estimate of drug-likeness (QED) is 0.772. The van der Waals surface area contributed by atoms with Gasteiger partial charge in [0, 0.05) is 30.6 Å². The molecule has 0 amide bonds. The number of thiophene rings is 1. The van der Waals surface area contributed by atoms with Crippen molar-refractivity contribution >= 4 is 11.3 Å². The molecular weight excluding hydrogens is 234 g/mol. The third-order valence-electron chi connectivity index (χ3n) is 2.96. The molecule has 1 aliphatic carbocycles. The Kier molecular flexibility index (Phi) is 4.98. The zero-order valence-electron chi connectivity index (χ0n) is 10.3. The molecule has 0 spiro atoms. The van der Waals surface area contributed by atoms with Gasteiger partial charge >= 0.3 is 0 Å². The van der Waals surface area contributed by atoms with Crippen molar-refractivity contribution in [3.8, 4) is 0 Å². The molecular formula is C13H21NO2S. The summed E-state index contributed by atoms with van der Waals surface area (Å²) in [5.41, 5.74) is 0. The Labute approximate surface area is 107 Å². The number of hydrogen-bond acceptors (Lipinski definition) is 4. The molecule has 0 radical (unpaired) electrons. The van der Waals surface area contributed by atoms with Crippen LogP contribution in [0.4, 0.5) is 0 Å². The van der Waals surface area contributed by atoms with E-state index in [1.807, 2.05) is 6.92 Å². The molecule has 4 heteroatoms. The summed E-state index contributed by atoms with van der Waals surface area (Å²) in [5.74, 6) is 0. The average Bonchev–Trinajstić information content (AvgIpc) is 3.05. The summed E-state index contributed by atoms with van der Waals surface area (Å²) in [6.07, 6.45) is 2.18. The lowest BCUT2D eigenvalue weighted by Gasteiger charge is -2.24. The molecule has 96 valence electrons. The van der Waals surface area contributed by atoms with Crippen molar-refractivity contribution in [2.75, 3.05) is 19.8 Å². The Hall–Kier alpha value is -0.420. The number of aliphatic hydroxyl groups is 1. The van der Waals surface area contributed by atoms with Crippen LogP contribution < -0.4 is 0 Å². The summed E-state index contributed by atoms with van der Waals surface area (Å²) in [6.45, 7) is 4.76. The summed E-state index contributed by atoms with van der Waals surface area (Å²) >= 11 is 1.79. The fraction of sp³-hybridized carbons (Fsp3) is 0.692. The van der Waals surface area contributed by atoms with Crippen molar-refractivity contribution in [1.29, 1.82) is 0 Å². The SMILES string of the molecule is CCOCC(O)CN(Cc1cccs1)C1CC1. The van der Waals surface area contributed by atoms with Gasteiger partial charge in [0.25, 0.3) is 0 Å². The van der Waals surface area contributed by atoms with Gasteiger partial charge in [-0.2, -0.15) is 0 Å². The van der Waals surface area contributed by atoms with Crippen molar-refractivity contribution < 1.29 is 9.84 Å². The first kappa shape index (κ1) is 13.0. The van der Waals surface area contributed by atoms with Gasteiger partial charge in [-0.15, -0.1) is 11.3 Å². The van der Waals surface area contributed by atoms with E-state index in [1.54, 1.807) is 11.3 Å². The van der Waals surface area contributed by atoms with Gasteiger partial charge in [-0.05, 0) is 31.2 Å². The lowest BCUT2D eigenvalue weighted by molar-refractivity contribution is 0.0181. The van der Waals surface area contributed by atoms with Gasteiger partial charge in [-0.25, -0.2) is 0 Å². The van der Waals surface area contributed by atoms with Crippen LogP contribution in [-0.2, 0) is 11.3 Å². The highest BCUT2D eigenvalue weighted by Gasteiger charge is 2.30. The van der Waals surface area contributed by atoms with E-state index in [-0.39, 0.29) is 6.10 Å². The van der Waals surface area contributed by atoms with Gasteiger partial charge in [0.2, 0.25) is 0 Å². The van der Waals surface area contributed by atoms with Crippen molar-refractivity contribution in [2.24, 2.45) is 0 Å². The van der Waals surface area contributed by atoms with E-state index in [0.717, 1.165) is 13.1 Å². The average molecular weight is 255 g/mol. The molecule has 2 rings (SSSR count). The Bertz CT molecular complexity index is 311. The van der Waals surface area contributed by atoms with E-state index in [1.165, 1.54) is 17.7 Å². The van der Waals surface area contributed by atoms with E-state index < -0.39 is 0 Å². The standard InChI is InChI=1S/C13H21NO2S/c1-2-16-10-12(15)8-14(11-5-6-11)9-13-4-3-7-17-13/h3-4,7,11-12,15H,2,5-6,8-10H2,1H3. The second-order valence-corrected chi connectivity index (χ2v) is 5.59. The zero-order valence-corrected chi connectivity index (χ0v) is 11.2. The predicted octanol–water partition coefficient (Wildman–Crippen LogP) is 2.11. The minimum absolute atomic E-state index is 0.365. The summed E-state index contributed by atoms with van der Waals surface area (Å²) in [5, 5.41) is 12.0. The molecule has 1 aromatic heterocycles. The molecule has 1 unspecified atom stereocenters. The highest BCUT2D eigenvalue weighted by Crippen LogP contribution is 2.29. The number of nitrogens with zero attached hydrogens (tertiary/aromatic N) is 1. The zero-order chi connectivity index (χ0) is 12.1. The van der Waals surface area contributed by atoms with Gasteiger partial charge < -0.3 is 9.84 Å². The molecule has 0 aliphatic heterocycles. The summed E-state index contributed by atoms with van der Waals surface area (Å²) in [6, 6.07) is 4.92. The Morgan fingerprint density at radius 1 is 1.59 bits per heavy atom. The third kappa shape index (κ3) is 4.39. The van der Waals surface area contributed by atoms with Gasteiger partial charge in [-0.1, -0.05) is 6.07 Å². The van der Waals surface area contributed by atoms with Crippen molar-refractivity contribution in [3.63, 3.8) is 0 Å². The minimum Gasteiger partial charge on any atom is -0.389 e. The Morgan fingerprint density at radius 3 is 3.00 bits per heavy atom. The number of rotatable bonds is 8. The fourth-order valence-corrected chi connectivity index (χ4v) is 2.69. The predicted molar refractivity (Wildman–Crippen MR) is 70.3 cm³/mol. The highest BCUT2D eigenvalue weighted by molar-refractivity contribution is 7.09. The van der Waals surface area contributed by atoms with Crippen LogP contribution in [0.2, 0.25) is 0 Å². The first-order valence-corrected chi connectivity index (χ1v) is 7.19. The van der Waals surface area contributed by atoms with E-state index >= 15 is 0 Å². The number of ether oxygens (including phenoxy) is 1. The van der Waals surface area contributed by atoms with E-state index in [2.05, 4.69) is 22.4 Å². The van der Waals surface area contributed by atoms with Crippen LogP contribution >= 0.6 is 11.3 Å². The Morgan fingerprint density at radius 2 is 2.41 bits per heavy atom. The maximum Gasteiger partial charge on any atom is 0.0900 e. The molecule has 1 heterocycles. The maximum atomic E-state index is 9.89. The lowest BCUT2D eigenvalue weighted by atomic mass is 10.3. The maximum absolute atomic E-state index is 9.89. The first-order chi connectivity index (χ1) is 8.29. The molecule has 1 aromatic rings. The van der Waals surface area contributed by atoms with Gasteiger partial charge in [0.05, 0.1) is 12.7 Å². The van der Waals surface area contributed by atoms with Crippen molar-refractivity contribution in [3.05, 3.63) is 22.4 Å². The van der Waals surface area contributed by atoms with Gasteiger partial charge in [-0.3, -0.25) is 4.90 Å². The van der Waals surface area contributed by atoms with Crippen molar-refractivity contribution in [1.82, 2.24) is 4.90 Å². The summed E-state index contributed by atoms with van der Waals surface area (Å²) in [4.78, 5) is 3.76. The number of aliphatic hydroxyl groups excluding tert-OH is 1. The molecule has 1 fully saturated rings. The largest absolute Gasteiger partial charge is 0.389 e. The summed E-state index contributed by atoms with van der Waals surface area (Å²) < 4.78 is 5.26. The molecule has 1 aliphatic rings. The van der Waals surface area contributed by atoms with E-state index in [0.29, 0.717) is 19.3 Å². The minimum atomic E-state index is -0.365. The molecule has 0 saturated heterocycles. The van der Waals surface area contributed by atoms with Crippen LogP contribution in [-0.4, -0.2) is 41.9 Å². The molecule has 0 bridgehead atoms. The molecule has 17 heavy (non-hydrogen) atoms. The van der Waals surface area contributed by atoms with Crippen LogP contribution in [0.25, 0.3) is 0 Å². The lowest BCUT2D eigenvalue weighted by Crippen LogP contribution is -2.35. The highest BCUT2D eigenvalue weighted by atomic mass is 32.1. The summed E-state index contributed by atoms with van der Waals surface area (Å²) in [7, 11) is 0. The smallest absolute Gasteiger partial charge is 0.0900 e. The molecule has 3 nitrogen and oxygen atoms in total. The van der Waals surface area contributed by atoms with E-state index in [4.69, 9.17) is 4.74 Å². The molecule has 1 saturated carbocycles. The molecule has 1 atom stereocenters. The van der Waals surface area contributed by atoms with Crippen molar-refractivity contribution in [2.45, 2.75) is 38.5 Å². The number of hydrogen-bond donors (Lipinski definition) is 1. The molecule has 1 N–H and O–H groups in total. The van der Waals surface area contributed by atoms with Crippen LogP contribution in [0.5, 0.6) is 0 Å². The van der Waals surface area contributed by atoms with Gasteiger partial charge in [0.1, 0.15) is 0 Å². The van der Waals surface area contributed by atoms with Crippen LogP contribution in [0, 0.1) is 0 Å². The van der Waals surface area contributed by atoms with Crippen LogP contribution in [0.3, 0.4) is 0 Å². The monoisotopic (exact) mass is 255 g/mol. The Balaban J connectivity index is 1.80. The van der Waals surface area contributed by atoms with E-state index in [9.17, 15) is 5.11 Å². The topological polar surface area (TPSA) is 32.7 Å². The van der Waals surface area contributed by atoms with Crippen LogP contribution in [0.1, 0.15) is 24.6 Å². The fourth-order valence-electron chi connectivity index (χ4n) is 1.96. The van der Waals surface area contributed by atoms with Gasteiger partial charge in [0.15, 0.2) is 0 Å². The second-order valence-electron chi connectivity index (χ2n) is 4.55. The normalized spacial score (nSPS) is 17.6. The van der Waals surface area contributed by atoms with Crippen LogP contribution in [0.15, 0.2) is 17.5 Å². The molecule has 0 aromatic carbocycles.